The van der Waals surface area contributed by atoms with Crippen LogP contribution >= 0.6 is 0 Å². The normalized spacial score (nSPS) is 13.6. The first kappa shape index (κ1) is 21.5. The lowest BCUT2D eigenvalue weighted by atomic mass is 10.1. The highest BCUT2D eigenvalue weighted by Crippen LogP contribution is 2.35. The molecular formula is C11H11NO11S4. The molecule has 0 aliphatic rings. The molecule has 0 unspecified atom stereocenters. The molecule has 0 spiro atoms. The summed E-state index contributed by atoms with van der Waals surface area (Å²) in [5, 5.41) is -1.12. The molecular weight excluding hydrogens is 450 g/mol. The van der Waals surface area contributed by atoms with Gasteiger partial charge in [0.1, 0.15) is 4.90 Å². The van der Waals surface area contributed by atoms with Crippen molar-refractivity contribution in [1.82, 2.24) is 0 Å². The molecule has 0 aromatic heterocycles. The van der Waals surface area contributed by atoms with Gasteiger partial charge in [-0.3, -0.25) is 18.4 Å². The van der Waals surface area contributed by atoms with Crippen LogP contribution in [0, 0.1) is 0 Å². The van der Waals surface area contributed by atoms with Crippen molar-refractivity contribution in [2.24, 2.45) is 0 Å². The topological polar surface area (TPSA) is 209 Å². The van der Waals surface area contributed by atoms with Gasteiger partial charge in [-0.15, -0.1) is 0 Å². The molecule has 0 heterocycles. The highest BCUT2D eigenvalue weighted by Gasteiger charge is 2.25. The number of fused-ring (bicyclic) bond motifs is 1. The Morgan fingerprint density at radius 1 is 0.704 bits per heavy atom. The zero-order chi connectivity index (χ0) is 21.0. The van der Waals surface area contributed by atoms with E-state index in [2.05, 4.69) is 0 Å². The lowest BCUT2D eigenvalue weighted by Gasteiger charge is -2.14. The van der Waals surface area contributed by atoms with Gasteiger partial charge in [0.2, 0.25) is 10.0 Å². The zero-order valence-electron chi connectivity index (χ0n) is 13.1. The molecule has 0 fully saturated rings. The van der Waals surface area contributed by atoms with E-state index in [0.29, 0.717) is 30.5 Å². The van der Waals surface area contributed by atoms with Gasteiger partial charge in [0.15, 0.2) is 0 Å². The van der Waals surface area contributed by atoms with E-state index >= 15 is 0 Å². The Morgan fingerprint density at radius 2 is 1.15 bits per heavy atom. The maximum absolute atomic E-state index is 11.7. The van der Waals surface area contributed by atoms with Crippen LogP contribution in [0.15, 0.2) is 39.0 Å². The van der Waals surface area contributed by atoms with Crippen molar-refractivity contribution in [2.45, 2.75) is 14.7 Å². The van der Waals surface area contributed by atoms with Crippen LogP contribution in [0.5, 0.6) is 0 Å². The molecule has 4 N–H and O–H groups in total. The van der Waals surface area contributed by atoms with Gasteiger partial charge in [-0.05, 0) is 29.7 Å². The second kappa shape index (κ2) is 6.36. The summed E-state index contributed by atoms with van der Waals surface area (Å²) >= 11 is 0. The van der Waals surface area contributed by atoms with Gasteiger partial charge in [-0.25, -0.2) is 8.42 Å². The summed E-state index contributed by atoms with van der Waals surface area (Å²) in [6.07, 6.45) is 0.651. The lowest BCUT2D eigenvalue weighted by Crippen LogP contribution is -2.13. The number of rotatable bonds is 5. The van der Waals surface area contributed by atoms with Gasteiger partial charge >= 0.3 is 0 Å². The average Bonchev–Trinajstić information content (AvgIpc) is 2.41. The third-order valence-electron chi connectivity index (χ3n) is 3.13. The van der Waals surface area contributed by atoms with Crippen molar-refractivity contribution in [2.75, 3.05) is 11.0 Å². The molecule has 27 heavy (non-hydrogen) atoms. The Bertz CT molecular complexity index is 1370. The maximum Gasteiger partial charge on any atom is 0.295 e. The zero-order valence-corrected chi connectivity index (χ0v) is 16.3. The van der Waals surface area contributed by atoms with E-state index < -0.39 is 71.5 Å². The maximum atomic E-state index is 11.7. The first-order valence-corrected chi connectivity index (χ1v) is 12.6. The highest BCUT2D eigenvalue weighted by atomic mass is 32.2. The van der Waals surface area contributed by atoms with E-state index in [-0.39, 0.29) is 0 Å². The second-order valence-electron chi connectivity index (χ2n) is 5.29. The highest BCUT2D eigenvalue weighted by molar-refractivity contribution is 7.92. The molecule has 2 rings (SSSR count). The fraction of sp³-hybridized carbons (Fsp3) is 0.0909. The molecule has 0 aliphatic carbocycles. The second-order valence-corrected chi connectivity index (χ2v) is 11.3. The van der Waals surface area contributed by atoms with E-state index in [0.717, 1.165) is 0 Å². The van der Waals surface area contributed by atoms with Gasteiger partial charge < -0.3 is 0 Å². The predicted octanol–water partition coefficient (Wildman–Crippen LogP) is -0.0486. The first-order chi connectivity index (χ1) is 11.9. The molecule has 16 heteroatoms. The predicted molar refractivity (Wildman–Crippen MR) is 91.9 cm³/mol. The molecule has 150 valence electrons. The Labute approximate surface area is 154 Å². The van der Waals surface area contributed by atoms with Crippen LogP contribution in [0.3, 0.4) is 0 Å². The summed E-state index contributed by atoms with van der Waals surface area (Å²) in [6, 6.07) is 2.18. The van der Waals surface area contributed by atoms with E-state index in [9.17, 15) is 42.8 Å². The Kier molecular flexibility index (Phi) is 5.06. The summed E-state index contributed by atoms with van der Waals surface area (Å²) in [4.78, 5) is -3.06. The molecule has 0 atom stereocenters. The number of anilines is 1. The van der Waals surface area contributed by atoms with E-state index in [1.54, 1.807) is 0 Å². The van der Waals surface area contributed by atoms with Crippen LogP contribution in [0.2, 0.25) is 0 Å². The first-order valence-electron chi connectivity index (χ1n) is 6.42. The summed E-state index contributed by atoms with van der Waals surface area (Å²) < 4.78 is 121. The minimum Gasteiger partial charge on any atom is -0.283 e. The number of hydrogen-bond acceptors (Lipinski definition) is 8. The molecule has 0 saturated heterocycles. The molecule has 0 aliphatic heterocycles. The van der Waals surface area contributed by atoms with Crippen molar-refractivity contribution in [3.05, 3.63) is 24.3 Å². The van der Waals surface area contributed by atoms with Crippen molar-refractivity contribution >= 4 is 56.8 Å². The molecule has 0 amide bonds. The SMILES string of the molecule is CS(=O)(=O)Nc1cc(S(=O)(=O)O)cc2cc(S(=O)(=O)O)cc(S(=O)(=O)O)c12. The van der Waals surface area contributed by atoms with Gasteiger partial charge in [0.05, 0.1) is 21.7 Å². The van der Waals surface area contributed by atoms with Crippen LogP contribution in [0.25, 0.3) is 10.8 Å². The molecule has 12 nitrogen and oxygen atoms in total. The lowest BCUT2D eigenvalue weighted by molar-refractivity contribution is 0.480. The number of sulfonamides is 1. The van der Waals surface area contributed by atoms with Crippen molar-refractivity contribution in [3.63, 3.8) is 0 Å². The van der Waals surface area contributed by atoms with Crippen LogP contribution in [0.4, 0.5) is 5.69 Å². The minimum absolute atomic E-state index is 0.355. The van der Waals surface area contributed by atoms with Crippen molar-refractivity contribution < 1.29 is 47.3 Å². The summed E-state index contributed by atoms with van der Waals surface area (Å²) in [5.41, 5.74) is -0.683. The Balaban J connectivity index is 3.19. The number of hydrogen-bond donors (Lipinski definition) is 4. The van der Waals surface area contributed by atoms with Crippen LogP contribution in [-0.2, 0) is 40.4 Å². The summed E-state index contributed by atoms with van der Waals surface area (Å²) in [7, 11) is -19.2. The fourth-order valence-electron chi connectivity index (χ4n) is 2.20. The monoisotopic (exact) mass is 461 g/mol. The molecule has 0 radical (unpaired) electrons. The fourth-order valence-corrected chi connectivity index (χ4v) is 4.69. The third kappa shape index (κ3) is 4.92. The third-order valence-corrected chi connectivity index (χ3v) is 6.26. The Hall–Kier alpha value is -1.82. The minimum atomic E-state index is -5.16. The summed E-state index contributed by atoms with van der Waals surface area (Å²) in [5.74, 6) is 0. The van der Waals surface area contributed by atoms with Crippen molar-refractivity contribution in [1.29, 1.82) is 0 Å². The molecule has 0 saturated carbocycles. The van der Waals surface area contributed by atoms with Crippen LogP contribution < -0.4 is 4.72 Å². The van der Waals surface area contributed by atoms with Gasteiger partial charge in [-0.2, -0.15) is 25.3 Å². The number of nitrogens with one attached hydrogen (secondary N) is 1. The Morgan fingerprint density at radius 3 is 1.52 bits per heavy atom. The van der Waals surface area contributed by atoms with Crippen molar-refractivity contribution in [3.8, 4) is 0 Å². The average molecular weight is 461 g/mol. The van der Waals surface area contributed by atoms with Crippen LogP contribution in [-0.4, -0.2) is 53.6 Å². The van der Waals surface area contributed by atoms with Gasteiger partial charge in [0.25, 0.3) is 30.4 Å². The number of benzene rings is 2. The molecule has 2 aromatic carbocycles. The van der Waals surface area contributed by atoms with Crippen LogP contribution in [0.1, 0.15) is 0 Å². The molecule has 2 aromatic rings. The van der Waals surface area contributed by atoms with E-state index in [1.807, 2.05) is 4.72 Å². The van der Waals surface area contributed by atoms with E-state index in [4.69, 9.17) is 4.55 Å². The van der Waals surface area contributed by atoms with Gasteiger partial charge in [-0.1, -0.05) is 0 Å². The standard InChI is InChI=1S/C11H11NO11S4/c1-24(13,14)12-9-4-7(25(15,16)17)2-6-3-8(26(18,19)20)5-10(11(6)9)27(21,22)23/h2-5,12H,1H3,(H,15,16,17)(H,18,19,20)(H,21,22,23). The van der Waals surface area contributed by atoms with E-state index in [1.165, 1.54) is 0 Å². The quantitative estimate of drug-likeness (QED) is 0.434. The smallest absolute Gasteiger partial charge is 0.283 e. The molecule has 0 bridgehead atoms. The summed E-state index contributed by atoms with van der Waals surface area (Å²) in [6.45, 7) is 0. The largest absolute Gasteiger partial charge is 0.295 e. The van der Waals surface area contributed by atoms with Gasteiger partial charge in [0, 0.05) is 5.39 Å².